The molecule has 8 heteroatoms. The van der Waals surface area contributed by atoms with Gasteiger partial charge in [0, 0.05) is 13.1 Å². The highest BCUT2D eigenvalue weighted by atomic mass is 33.2. The molecule has 3 nitrogen and oxygen atoms in total. The lowest BCUT2D eigenvalue weighted by Gasteiger charge is -2.29. The second-order valence-electron chi connectivity index (χ2n) is 3.02. The number of ether oxygens (including phenoxy) is 1. The monoisotopic (exact) mass is 316 g/mol. The maximum Gasteiger partial charge on any atom is 0.165 e. The SMILES string of the molecule is CSC(=NP(=S)(SC)SC)N1CCOCC1. The van der Waals surface area contributed by atoms with Gasteiger partial charge in [-0.15, -0.1) is 0 Å². The topological polar surface area (TPSA) is 24.8 Å². The molecule has 0 saturated carbocycles. The molecule has 94 valence electrons. The first-order chi connectivity index (χ1) is 7.65. The normalized spacial score (nSPS) is 18.9. The molecule has 1 heterocycles. The van der Waals surface area contributed by atoms with Crippen molar-refractivity contribution < 1.29 is 4.74 Å². The highest BCUT2D eigenvalue weighted by molar-refractivity contribution is 9.00. The van der Waals surface area contributed by atoms with Crippen LogP contribution in [0.25, 0.3) is 0 Å². The molecule has 0 aromatic heterocycles. The lowest BCUT2D eigenvalue weighted by Crippen LogP contribution is -2.39. The zero-order valence-electron chi connectivity index (χ0n) is 9.71. The smallest absolute Gasteiger partial charge is 0.165 e. The largest absolute Gasteiger partial charge is 0.378 e. The molecule has 0 aliphatic carbocycles. The maximum absolute atomic E-state index is 5.59. The summed E-state index contributed by atoms with van der Waals surface area (Å²) in [5, 5.41) is 1.08. The fourth-order valence-electron chi connectivity index (χ4n) is 1.25. The molecule has 0 atom stereocenters. The summed E-state index contributed by atoms with van der Waals surface area (Å²) in [5.41, 5.74) is 0. The summed E-state index contributed by atoms with van der Waals surface area (Å²) in [6.45, 7) is 3.44. The molecule has 0 aromatic rings. The van der Waals surface area contributed by atoms with Crippen molar-refractivity contribution >= 4 is 56.1 Å². The van der Waals surface area contributed by atoms with Crippen molar-refractivity contribution in [2.75, 3.05) is 45.1 Å². The fraction of sp³-hybridized carbons (Fsp3) is 0.875. The van der Waals surface area contributed by atoms with E-state index < -0.39 is 4.59 Å². The van der Waals surface area contributed by atoms with Gasteiger partial charge in [-0.3, -0.25) is 0 Å². The van der Waals surface area contributed by atoms with E-state index in [0.717, 1.165) is 31.5 Å². The van der Waals surface area contributed by atoms with Gasteiger partial charge in [0.25, 0.3) is 0 Å². The summed E-state index contributed by atoms with van der Waals surface area (Å²) in [4.78, 5) is 2.28. The van der Waals surface area contributed by atoms with E-state index in [1.165, 1.54) is 0 Å². The predicted molar refractivity (Wildman–Crippen MR) is 84.7 cm³/mol. The van der Waals surface area contributed by atoms with E-state index in [1.54, 1.807) is 34.5 Å². The molecule has 0 unspecified atom stereocenters. The van der Waals surface area contributed by atoms with Gasteiger partial charge in [0.2, 0.25) is 0 Å². The number of amidine groups is 1. The number of nitrogens with zero attached hydrogens (tertiary/aromatic N) is 2. The highest BCUT2D eigenvalue weighted by Gasteiger charge is 2.19. The predicted octanol–water partition coefficient (Wildman–Crippen LogP) is 2.99. The van der Waals surface area contributed by atoms with Crippen LogP contribution in [0.2, 0.25) is 0 Å². The number of rotatable bonds is 3. The summed E-state index contributed by atoms with van der Waals surface area (Å²) in [6, 6.07) is 0. The van der Waals surface area contributed by atoms with E-state index >= 15 is 0 Å². The van der Waals surface area contributed by atoms with Crippen LogP contribution in [0, 0.1) is 0 Å². The zero-order chi connectivity index (χ0) is 12.0. The molecule has 0 N–H and O–H groups in total. The van der Waals surface area contributed by atoms with Gasteiger partial charge in [0.15, 0.2) is 9.76 Å². The molecule has 0 radical (unpaired) electrons. The Bertz CT molecular complexity index is 286. The molecule has 0 spiro atoms. The second-order valence-corrected chi connectivity index (χ2v) is 14.7. The molecule has 1 fully saturated rings. The minimum absolute atomic E-state index is 0.793. The Morgan fingerprint density at radius 3 is 2.25 bits per heavy atom. The summed E-state index contributed by atoms with van der Waals surface area (Å²) in [5.74, 6) is 0. The van der Waals surface area contributed by atoms with Crippen molar-refractivity contribution in [2.24, 2.45) is 4.76 Å². The van der Waals surface area contributed by atoms with Gasteiger partial charge in [0.1, 0.15) is 0 Å². The van der Waals surface area contributed by atoms with Crippen LogP contribution >= 0.6 is 39.1 Å². The fourth-order valence-corrected chi connectivity index (χ4v) is 6.47. The first kappa shape index (κ1) is 15.2. The van der Waals surface area contributed by atoms with Gasteiger partial charge in [0.05, 0.1) is 13.2 Å². The van der Waals surface area contributed by atoms with Crippen LogP contribution in [0.4, 0.5) is 0 Å². The van der Waals surface area contributed by atoms with Crippen molar-refractivity contribution in [3.05, 3.63) is 0 Å². The minimum atomic E-state index is -1.67. The zero-order valence-corrected chi connectivity index (χ0v) is 13.9. The number of hydrogen-bond acceptors (Lipinski definition) is 5. The Kier molecular flexibility index (Phi) is 7.16. The summed E-state index contributed by atoms with van der Waals surface area (Å²) in [6.07, 6.45) is 6.17. The van der Waals surface area contributed by atoms with E-state index in [-0.39, 0.29) is 0 Å². The van der Waals surface area contributed by atoms with Gasteiger partial charge in [-0.1, -0.05) is 34.5 Å². The summed E-state index contributed by atoms with van der Waals surface area (Å²) < 4.78 is 8.46. The maximum atomic E-state index is 5.59. The molecular formula is C8H17N2OPS4. The van der Waals surface area contributed by atoms with Gasteiger partial charge in [-0.25, -0.2) is 4.76 Å². The van der Waals surface area contributed by atoms with E-state index in [4.69, 9.17) is 21.3 Å². The number of thioether (sulfide) groups is 1. The lowest BCUT2D eigenvalue weighted by molar-refractivity contribution is 0.0694. The Morgan fingerprint density at radius 1 is 1.25 bits per heavy atom. The third kappa shape index (κ3) is 4.42. The Morgan fingerprint density at radius 2 is 1.81 bits per heavy atom. The first-order valence-electron chi connectivity index (χ1n) is 4.83. The quantitative estimate of drug-likeness (QED) is 0.451. The Balaban J connectivity index is 2.78. The van der Waals surface area contributed by atoms with Crippen LogP contribution in [0.3, 0.4) is 0 Å². The molecule has 0 bridgehead atoms. The van der Waals surface area contributed by atoms with E-state index in [2.05, 4.69) is 23.7 Å². The Hall–Kier alpha value is 1.13. The molecule has 16 heavy (non-hydrogen) atoms. The molecule has 0 amide bonds. The van der Waals surface area contributed by atoms with Crippen molar-refractivity contribution in [1.29, 1.82) is 0 Å². The van der Waals surface area contributed by atoms with Crippen LogP contribution in [0.5, 0.6) is 0 Å². The Labute approximate surface area is 115 Å². The molecular weight excluding hydrogens is 299 g/mol. The van der Waals surface area contributed by atoms with Gasteiger partial charge in [-0.2, -0.15) is 0 Å². The molecule has 1 aliphatic heterocycles. The van der Waals surface area contributed by atoms with Crippen LogP contribution in [-0.4, -0.2) is 55.1 Å². The van der Waals surface area contributed by atoms with Crippen LogP contribution in [-0.2, 0) is 16.5 Å². The average molecular weight is 316 g/mol. The molecule has 1 rings (SSSR count). The van der Waals surface area contributed by atoms with Gasteiger partial charge < -0.3 is 9.64 Å². The van der Waals surface area contributed by atoms with E-state index in [9.17, 15) is 0 Å². The minimum Gasteiger partial charge on any atom is -0.378 e. The van der Waals surface area contributed by atoms with Crippen LogP contribution < -0.4 is 0 Å². The van der Waals surface area contributed by atoms with E-state index in [0.29, 0.717) is 0 Å². The van der Waals surface area contributed by atoms with Gasteiger partial charge in [-0.05, 0) is 30.6 Å². The van der Waals surface area contributed by atoms with Crippen molar-refractivity contribution in [3.63, 3.8) is 0 Å². The molecule has 1 saturated heterocycles. The summed E-state index contributed by atoms with van der Waals surface area (Å²) in [7, 11) is 0. The van der Waals surface area contributed by atoms with Crippen molar-refractivity contribution in [1.82, 2.24) is 4.90 Å². The highest BCUT2D eigenvalue weighted by Crippen LogP contribution is 2.68. The molecule has 1 aliphatic rings. The van der Waals surface area contributed by atoms with E-state index in [1.807, 2.05) is 0 Å². The van der Waals surface area contributed by atoms with Crippen LogP contribution in [0.1, 0.15) is 0 Å². The van der Waals surface area contributed by atoms with Crippen molar-refractivity contribution in [2.45, 2.75) is 0 Å². The third-order valence-electron chi connectivity index (χ3n) is 2.13. The average Bonchev–Trinajstić information content (AvgIpc) is 2.36. The standard InChI is InChI=1S/C8H17N2OPS4/c1-14-8(9-12(13,15-2)16-3)10-4-6-11-7-5-10/h4-7H2,1-3H3. The van der Waals surface area contributed by atoms with Gasteiger partial charge >= 0.3 is 0 Å². The third-order valence-corrected chi connectivity index (χ3v) is 13.2. The first-order valence-corrected chi connectivity index (χ1v) is 12.5. The molecule has 0 aromatic carbocycles. The number of hydrogen-bond donors (Lipinski definition) is 0. The van der Waals surface area contributed by atoms with Crippen LogP contribution in [0.15, 0.2) is 4.76 Å². The summed E-state index contributed by atoms with van der Waals surface area (Å²) >= 11 is 10.7. The lowest BCUT2D eigenvalue weighted by atomic mass is 10.5. The second kappa shape index (κ2) is 7.54. The number of morpholine rings is 1. The van der Waals surface area contributed by atoms with Crippen molar-refractivity contribution in [3.8, 4) is 0 Å².